The Bertz CT molecular complexity index is 1320. The maximum atomic E-state index is 14.7. The molecule has 0 aromatic heterocycles. The zero-order valence-electron chi connectivity index (χ0n) is 24.2. The molecule has 2 aromatic carbocycles. The number of hydrogen-bond acceptors (Lipinski definition) is 6. The first-order valence-electron chi connectivity index (χ1n) is 14.7. The molecule has 0 radical (unpaired) electrons. The molecular weight excluding hydrogens is 532 g/mol. The summed E-state index contributed by atoms with van der Waals surface area (Å²) >= 11 is 0. The van der Waals surface area contributed by atoms with Gasteiger partial charge in [-0.15, -0.1) is 13.2 Å². The number of aliphatic hydroxyl groups excluding tert-OH is 1. The topological polar surface area (TPSA) is 96.4 Å². The lowest BCUT2D eigenvalue weighted by Crippen LogP contribution is -2.59. The van der Waals surface area contributed by atoms with E-state index in [2.05, 4.69) is 13.2 Å². The molecule has 6 atom stereocenters. The summed E-state index contributed by atoms with van der Waals surface area (Å²) in [6, 6.07) is 17.5. The minimum atomic E-state index is -1.22. The molecule has 3 aliphatic heterocycles. The Morgan fingerprint density at radius 1 is 1.10 bits per heavy atom. The quantitative estimate of drug-likeness (QED) is 0.224. The molecular formula is C34H40N2O6. The summed E-state index contributed by atoms with van der Waals surface area (Å²) in [6.07, 6.45) is 5.13. The smallest absolute Gasteiger partial charge is 0.312 e. The van der Waals surface area contributed by atoms with Crippen molar-refractivity contribution in [1.29, 1.82) is 0 Å². The largest absolute Gasteiger partial charge is 0.465 e. The zero-order chi connectivity index (χ0) is 29.9. The second kappa shape index (κ2) is 12.2. The number of esters is 1. The average Bonchev–Trinajstić information content (AvgIpc) is 3.57. The van der Waals surface area contributed by atoms with Gasteiger partial charge >= 0.3 is 5.97 Å². The molecule has 2 aromatic rings. The van der Waals surface area contributed by atoms with Gasteiger partial charge in [-0.05, 0) is 43.7 Å². The van der Waals surface area contributed by atoms with Gasteiger partial charge in [-0.3, -0.25) is 14.4 Å². The van der Waals surface area contributed by atoms with Crippen LogP contribution in [0.25, 0.3) is 0 Å². The summed E-state index contributed by atoms with van der Waals surface area (Å²) in [6.45, 7) is 9.79. The molecule has 1 spiro atoms. The highest BCUT2D eigenvalue weighted by Gasteiger charge is 2.79. The summed E-state index contributed by atoms with van der Waals surface area (Å²) in [4.78, 5) is 45.9. The molecule has 1 N–H and O–H groups in total. The van der Waals surface area contributed by atoms with Gasteiger partial charge in [0.2, 0.25) is 11.8 Å². The Morgan fingerprint density at radius 2 is 1.76 bits per heavy atom. The van der Waals surface area contributed by atoms with Crippen molar-refractivity contribution in [2.24, 2.45) is 11.8 Å². The van der Waals surface area contributed by atoms with Crippen LogP contribution in [0.15, 0.2) is 86.0 Å². The van der Waals surface area contributed by atoms with E-state index in [4.69, 9.17) is 9.47 Å². The van der Waals surface area contributed by atoms with E-state index in [1.54, 1.807) is 17.1 Å². The lowest BCUT2D eigenvalue weighted by atomic mass is 9.66. The van der Waals surface area contributed by atoms with Gasteiger partial charge in [0, 0.05) is 13.1 Å². The molecule has 5 rings (SSSR count). The molecule has 42 heavy (non-hydrogen) atoms. The van der Waals surface area contributed by atoms with Crippen LogP contribution in [0.4, 0.5) is 0 Å². The van der Waals surface area contributed by atoms with Crippen molar-refractivity contribution in [3.05, 3.63) is 97.1 Å². The molecule has 3 fully saturated rings. The Hall–Kier alpha value is -3.75. The van der Waals surface area contributed by atoms with Crippen LogP contribution >= 0.6 is 0 Å². The number of fused-ring (bicyclic) bond motifs is 1. The van der Waals surface area contributed by atoms with Gasteiger partial charge in [0.25, 0.3) is 0 Å². The van der Waals surface area contributed by atoms with Crippen LogP contribution < -0.4 is 0 Å². The third-order valence-electron chi connectivity index (χ3n) is 9.06. The first-order chi connectivity index (χ1) is 20.3. The number of benzene rings is 2. The standard InChI is InChI=1S/C34H40N2O6/c1-4-6-20-41-32(40)28-27-30(38)36(26(23-37)21-24-13-9-7-10-14-24)29(34(27)18-17-33(28,3)42-34)31(39)35(19-5-2)22-25-15-11-8-12-16-25/h4-5,7-16,26-29,37H,1-2,6,17-23H2,3H3/t26-,27+,28+,29?,33-,34?/m1/s1. The van der Waals surface area contributed by atoms with Crippen LogP contribution in [0.1, 0.15) is 37.3 Å². The Labute approximate surface area is 247 Å². The number of carbonyl (C=O) groups is 3. The number of carbonyl (C=O) groups excluding carboxylic acids is 3. The summed E-state index contributed by atoms with van der Waals surface area (Å²) in [5.41, 5.74) is -0.291. The number of nitrogens with zero attached hydrogens (tertiary/aromatic N) is 2. The van der Waals surface area contributed by atoms with Gasteiger partial charge < -0.3 is 24.4 Å². The van der Waals surface area contributed by atoms with Crippen molar-refractivity contribution in [3.8, 4) is 0 Å². The summed E-state index contributed by atoms with van der Waals surface area (Å²) in [5.74, 6) is -2.89. The van der Waals surface area contributed by atoms with Gasteiger partial charge in [-0.1, -0.05) is 72.8 Å². The molecule has 0 aliphatic carbocycles. The molecule has 3 saturated heterocycles. The minimum Gasteiger partial charge on any atom is -0.465 e. The lowest BCUT2D eigenvalue weighted by Gasteiger charge is -2.39. The van der Waals surface area contributed by atoms with Crippen LogP contribution in [0.5, 0.6) is 0 Å². The molecule has 3 heterocycles. The number of ether oxygens (including phenoxy) is 2. The van der Waals surface area contributed by atoms with E-state index in [1.807, 2.05) is 67.6 Å². The molecule has 0 saturated carbocycles. The first-order valence-corrected chi connectivity index (χ1v) is 14.7. The highest BCUT2D eigenvalue weighted by Crippen LogP contribution is 2.63. The van der Waals surface area contributed by atoms with Gasteiger partial charge in [0.1, 0.15) is 17.6 Å². The van der Waals surface area contributed by atoms with Gasteiger partial charge in [-0.2, -0.15) is 0 Å². The first kappa shape index (κ1) is 29.7. The maximum Gasteiger partial charge on any atom is 0.312 e. The normalized spacial score (nSPS) is 28.3. The van der Waals surface area contributed by atoms with Crippen molar-refractivity contribution in [3.63, 3.8) is 0 Å². The predicted octanol–water partition coefficient (Wildman–Crippen LogP) is 3.69. The zero-order valence-corrected chi connectivity index (χ0v) is 24.2. The highest BCUT2D eigenvalue weighted by molar-refractivity contribution is 5.98. The van der Waals surface area contributed by atoms with E-state index in [0.717, 1.165) is 11.1 Å². The number of rotatable bonds is 13. The fraction of sp³-hybridized carbons (Fsp3) is 0.441. The fourth-order valence-electron chi connectivity index (χ4n) is 7.23. The van der Waals surface area contributed by atoms with Crippen molar-refractivity contribution in [2.75, 3.05) is 19.8 Å². The summed E-state index contributed by atoms with van der Waals surface area (Å²) in [7, 11) is 0. The van der Waals surface area contributed by atoms with E-state index in [1.165, 1.54) is 4.90 Å². The van der Waals surface area contributed by atoms with E-state index in [0.29, 0.717) is 32.2 Å². The van der Waals surface area contributed by atoms with Crippen molar-refractivity contribution < 1.29 is 29.0 Å². The van der Waals surface area contributed by atoms with Gasteiger partial charge in [0.05, 0.1) is 30.8 Å². The van der Waals surface area contributed by atoms with E-state index in [-0.39, 0.29) is 31.6 Å². The molecule has 2 unspecified atom stereocenters. The SMILES string of the molecule is C=CCCOC(=O)[C@@H]1[C@H]2C(=O)N([C@@H](CO)Cc3ccccc3)C(C(=O)N(CC=C)Cc3ccccc3)C23CC[C@@]1(C)O3. The van der Waals surface area contributed by atoms with Crippen molar-refractivity contribution in [1.82, 2.24) is 9.80 Å². The monoisotopic (exact) mass is 572 g/mol. The molecule has 8 nitrogen and oxygen atoms in total. The lowest BCUT2D eigenvalue weighted by molar-refractivity contribution is -0.162. The van der Waals surface area contributed by atoms with Crippen molar-refractivity contribution >= 4 is 17.8 Å². The molecule has 222 valence electrons. The number of amides is 2. The van der Waals surface area contributed by atoms with E-state index in [9.17, 15) is 19.5 Å². The Kier molecular flexibility index (Phi) is 8.66. The molecule has 8 heteroatoms. The van der Waals surface area contributed by atoms with Crippen LogP contribution in [0, 0.1) is 11.8 Å². The number of aliphatic hydroxyl groups is 1. The average molecular weight is 573 g/mol. The molecule has 3 aliphatic rings. The minimum absolute atomic E-state index is 0.159. The maximum absolute atomic E-state index is 14.7. The highest BCUT2D eigenvalue weighted by atomic mass is 16.6. The van der Waals surface area contributed by atoms with Crippen LogP contribution in [0.3, 0.4) is 0 Å². The molecule has 2 amide bonds. The van der Waals surface area contributed by atoms with Crippen LogP contribution in [-0.2, 0) is 36.8 Å². The fourth-order valence-corrected chi connectivity index (χ4v) is 7.23. The predicted molar refractivity (Wildman–Crippen MR) is 158 cm³/mol. The van der Waals surface area contributed by atoms with Gasteiger partial charge in [0.15, 0.2) is 0 Å². The Balaban J connectivity index is 1.57. The number of hydrogen-bond donors (Lipinski definition) is 1. The van der Waals surface area contributed by atoms with Crippen molar-refractivity contribution in [2.45, 2.75) is 62.4 Å². The Morgan fingerprint density at radius 3 is 2.38 bits per heavy atom. The van der Waals surface area contributed by atoms with Crippen LogP contribution in [0.2, 0.25) is 0 Å². The summed E-state index contributed by atoms with van der Waals surface area (Å²) in [5, 5.41) is 10.7. The van der Waals surface area contributed by atoms with Crippen LogP contribution in [-0.4, -0.2) is 75.7 Å². The third kappa shape index (κ3) is 5.18. The third-order valence-corrected chi connectivity index (χ3v) is 9.06. The second-order valence-electron chi connectivity index (χ2n) is 11.7. The molecule has 2 bridgehead atoms. The summed E-state index contributed by atoms with van der Waals surface area (Å²) < 4.78 is 12.3. The van der Waals surface area contributed by atoms with Gasteiger partial charge in [-0.25, -0.2) is 0 Å². The second-order valence-corrected chi connectivity index (χ2v) is 11.7. The van der Waals surface area contributed by atoms with E-state index < -0.39 is 41.1 Å². The van der Waals surface area contributed by atoms with E-state index >= 15 is 0 Å². The number of likely N-dealkylation sites (tertiary alicyclic amines) is 1.